The van der Waals surface area contributed by atoms with Gasteiger partial charge in [0.05, 0.1) is 10.5 Å². The Balaban J connectivity index is 2.65. The van der Waals surface area contributed by atoms with Gasteiger partial charge in [-0.1, -0.05) is 6.07 Å². The number of hydrogen-bond donors (Lipinski definition) is 1. The lowest BCUT2D eigenvalue weighted by atomic mass is 10.2. The highest BCUT2D eigenvalue weighted by atomic mass is 32.2. The minimum Gasteiger partial charge on any atom is -0.384 e. The first-order valence-corrected chi connectivity index (χ1v) is 7.51. The molecule has 0 bridgehead atoms. The minimum absolute atomic E-state index is 0.0342. The van der Waals surface area contributed by atoms with Crippen LogP contribution in [0.3, 0.4) is 0 Å². The van der Waals surface area contributed by atoms with E-state index >= 15 is 0 Å². The summed E-state index contributed by atoms with van der Waals surface area (Å²) in [7, 11) is -3.15. The number of benzene rings is 1. The summed E-state index contributed by atoms with van der Waals surface area (Å²) >= 11 is 0. The first-order chi connectivity index (χ1) is 8.13. The fraction of sp³-hybridized carbons (Fsp3) is 0.538. The number of hydrogen-bond acceptors (Lipinski definition) is 3. The van der Waals surface area contributed by atoms with E-state index in [1.165, 1.54) is 12.1 Å². The van der Waals surface area contributed by atoms with Crippen molar-refractivity contribution in [2.75, 3.05) is 17.6 Å². The topological polar surface area (TPSA) is 46.2 Å². The van der Waals surface area contributed by atoms with Gasteiger partial charge in [0.25, 0.3) is 0 Å². The number of aryl methyl sites for hydroxylation is 1. The SMILES string of the molecule is Cc1ccc(F)cc1NCCS(=O)(=O)C(C)(C)C. The molecule has 0 aromatic heterocycles. The summed E-state index contributed by atoms with van der Waals surface area (Å²) in [5.74, 6) is -0.298. The van der Waals surface area contributed by atoms with Crippen molar-refractivity contribution in [3.05, 3.63) is 29.6 Å². The van der Waals surface area contributed by atoms with Crippen LogP contribution in [0.15, 0.2) is 18.2 Å². The van der Waals surface area contributed by atoms with Crippen LogP contribution in [0.1, 0.15) is 26.3 Å². The maximum absolute atomic E-state index is 13.0. The van der Waals surface area contributed by atoms with E-state index in [9.17, 15) is 12.8 Å². The Kier molecular flexibility index (Phi) is 4.37. The lowest BCUT2D eigenvalue weighted by Crippen LogP contribution is -2.32. The lowest BCUT2D eigenvalue weighted by molar-refractivity contribution is 0.560. The summed E-state index contributed by atoms with van der Waals surface area (Å²) in [6.45, 7) is 7.16. The molecule has 1 rings (SSSR count). The zero-order valence-electron chi connectivity index (χ0n) is 11.2. The van der Waals surface area contributed by atoms with E-state index in [4.69, 9.17) is 0 Å². The molecule has 0 spiro atoms. The average molecular weight is 273 g/mol. The predicted molar refractivity (Wildman–Crippen MR) is 73.2 cm³/mol. The molecule has 0 saturated carbocycles. The van der Waals surface area contributed by atoms with Crippen molar-refractivity contribution >= 4 is 15.5 Å². The summed E-state index contributed by atoms with van der Waals surface area (Å²) in [5, 5.41) is 2.96. The highest BCUT2D eigenvalue weighted by Gasteiger charge is 2.28. The molecule has 0 atom stereocenters. The fourth-order valence-corrected chi connectivity index (χ4v) is 2.39. The largest absolute Gasteiger partial charge is 0.384 e. The van der Waals surface area contributed by atoms with Gasteiger partial charge in [-0.15, -0.1) is 0 Å². The summed E-state index contributed by atoms with van der Waals surface area (Å²) < 4.78 is 36.0. The third-order valence-electron chi connectivity index (χ3n) is 2.82. The standard InChI is InChI=1S/C13H20FNO2S/c1-10-5-6-11(14)9-12(10)15-7-8-18(16,17)13(2,3)4/h5-6,9,15H,7-8H2,1-4H3. The van der Waals surface area contributed by atoms with E-state index in [1.807, 2.05) is 6.92 Å². The van der Waals surface area contributed by atoms with Gasteiger partial charge in [0.15, 0.2) is 9.84 Å². The van der Waals surface area contributed by atoms with Crippen LogP contribution in [0.2, 0.25) is 0 Å². The van der Waals surface area contributed by atoms with Gasteiger partial charge in [0.2, 0.25) is 0 Å². The van der Waals surface area contributed by atoms with Crippen molar-refractivity contribution in [1.29, 1.82) is 0 Å². The molecule has 102 valence electrons. The molecule has 0 unspecified atom stereocenters. The highest BCUT2D eigenvalue weighted by molar-refractivity contribution is 7.92. The Morgan fingerprint density at radius 1 is 1.28 bits per heavy atom. The number of sulfone groups is 1. The molecule has 5 heteroatoms. The van der Waals surface area contributed by atoms with Gasteiger partial charge in [-0.25, -0.2) is 12.8 Å². The molecule has 0 aliphatic rings. The molecule has 1 aromatic rings. The molecule has 0 aliphatic carbocycles. The Morgan fingerprint density at radius 2 is 1.89 bits per heavy atom. The average Bonchev–Trinajstić information content (AvgIpc) is 2.21. The first kappa shape index (κ1) is 15.0. The fourth-order valence-electron chi connectivity index (χ4n) is 1.41. The van der Waals surface area contributed by atoms with Gasteiger partial charge < -0.3 is 5.32 Å². The van der Waals surface area contributed by atoms with E-state index in [0.29, 0.717) is 5.69 Å². The summed E-state index contributed by atoms with van der Waals surface area (Å²) in [6.07, 6.45) is 0. The monoisotopic (exact) mass is 273 g/mol. The number of rotatable bonds is 4. The van der Waals surface area contributed by atoms with Gasteiger partial charge in [0.1, 0.15) is 5.82 Å². The van der Waals surface area contributed by atoms with Crippen molar-refractivity contribution < 1.29 is 12.8 Å². The van der Waals surface area contributed by atoms with Crippen LogP contribution in [0.4, 0.5) is 10.1 Å². The molecule has 1 N–H and O–H groups in total. The molecular formula is C13H20FNO2S. The van der Waals surface area contributed by atoms with Crippen LogP contribution >= 0.6 is 0 Å². The molecule has 0 fully saturated rings. The third kappa shape index (κ3) is 3.70. The summed E-state index contributed by atoms with van der Waals surface area (Å²) in [6, 6.07) is 4.42. The molecule has 0 saturated heterocycles. The Hall–Kier alpha value is -1.10. The molecule has 0 aliphatic heterocycles. The number of halogens is 1. The third-order valence-corrected chi connectivity index (χ3v) is 5.43. The second-order valence-electron chi connectivity index (χ2n) is 5.32. The normalized spacial score (nSPS) is 12.5. The number of anilines is 1. The van der Waals surface area contributed by atoms with Gasteiger partial charge >= 0.3 is 0 Å². The second-order valence-corrected chi connectivity index (χ2v) is 8.18. The van der Waals surface area contributed by atoms with Gasteiger partial charge in [0, 0.05) is 12.2 Å². The Morgan fingerprint density at radius 3 is 2.44 bits per heavy atom. The van der Waals surface area contributed by atoms with Gasteiger partial charge in [-0.05, 0) is 45.4 Å². The van der Waals surface area contributed by atoms with Crippen molar-refractivity contribution in [3.8, 4) is 0 Å². The zero-order valence-corrected chi connectivity index (χ0v) is 12.1. The molecule has 0 heterocycles. The Labute approximate surface area is 108 Å². The summed E-state index contributed by atoms with van der Waals surface area (Å²) in [4.78, 5) is 0. The molecule has 0 amide bonds. The Bertz CT molecular complexity index is 518. The van der Waals surface area contributed by atoms with Gasteiger partial charge in [-0.2, -0.15) is 0 Å². The van der Waals surface area contributed by atoms with Crippen LogP contribution in [-0.2, 0) is 9.84 Å². The van der Waals surface area contributed by atoms with Crippen LogP contribution in [0, 0.1) is 12.7 Å². The smallest absolute Gasteiger partial charge is 0.156 e. The molecule has 0 radical (unpaired) electrons. The van der Waals surface area contributed by atoms with E-state index < -0.39 is 14.6 Å². The van der Waals surface area contributed by atoms with Crippen molar-refractivity contribution in [1.82, 2.24) is 0 Å². The van der Waals surface area contributed by atoms with Crippen LogP contribution < -0.4 is 5.32 Å². The van der Waals surface area contributed by atoms with Crippen LogP contribution in [-0.4, -0.2) is 25.5 Å². The number of nitrogens with one attached hydrogen (secondary N) is 1. The predicted octanol–water partition coefficient (Wildman–Crippen LogP) is 2.76. The molecule has 3 nitrogen and oxygen atoms in total. The van der Waals surface area contributed by atoms with E-state index in [2.05, 4.69) is 5.32 Å². The van der Waals surface area contributed by atoms with Gasteiger partial charge in [-0.3, -0.25) is 0 Å². The minimum atomic E-state index is -3.15. The highest BCUT2D eigenvalue weighted by Crippen LogP contribution is 2.18. The lowest BCUT2D eigenvalue weighted by Gasteiger charge is -2.19. The van der Waals surface area contributed by atoms with Crippen LogP contribution in [0.5, 0.6) is 0 Å². The van der Waals surface area contributed by atoms with Crippen molar-refractivity contribution in [2.24, 2.45) is 0 Å². The quantitative estimate of drug-likeness (QED) is 0.917. The maximum atomic E-state index is 13.0. The molecule has 18 heavy (non-hydrogen) atoms. The first-order valence-electron chi connectivity index (χ1n) is 5.86. The maximum Gasteiger partial charge on any atom is 0.156 e. The van der Waals surface area contributed by atoms with E-state index in [1.54, 1.807) is 26.8 Å². The molecular weight excluding hydrogens is 253 g/mol. The molecule has 1 aromatic carbocycles. The van der Waals surface area contributed by atoms with Crippen LogP contribution in [0.25, 0.3) is 0 Å². The zero-order chi connectivity index (χ0) is 14.0. The van der Waals surface area contributed by atoms with Crippen molar-refractivity contribution in [2.45, 2.75) is 32.4 Å². The van der Waals surface area contributed by atoms with E-state index in [-0.39, 0.29) is 18.1 Å². The van der Waals surface area contributed by atoms with E-state index in [0.717, 1.165) is 5.56 Å². The van der Waals surface area contributed by atoms with Crippen molar-refractivity contribution in [3.63, 3.8) is 0 Å². The summed E-state index contributed by atoms with van der Waals surface area (Å²) in [5.41, 5.74) is 1.53. The second kappa shape index (κ2) is 5.26.